The van der Waals surface area contributed by atoms with E-state index in [0.717, 1.165) is 12.2 Å². The molecular weight excluding hydrogens is 411 g/mol. The zero-order valence-electron chi connectivity index (χ0n) is 17.5. The number of hydrogen-bond donors (Lipinski definition) is 0. The monoisotopic (exact) mass is 436 g/mol. The van der Waals surface area contributed by atoms with Gasteiger partial charge >= 0.3 is 0 Å². The highest BCUT2D eigenvalue weighted by atomic mass is 35.5. The third kappa shape index (κ3) is 4.08. The average molecular weight is 437 g/mol. The second-order valence-electron chi connectivity index (χ2n) is 8.00. The fourth-order valence-electron chi connectivity index (χ4n) is 4.02. The van der Waals surface area contributed by atoms with E-state index in [1.807, 2.05) is 18.2 Å². The van der Waals surface area contributed by atoms with E-state index in [4.69, 9.17) is 23.2 Å². The molecule has 2 nitrogen and oxygen atoms in total. The molecule has 2 aliphatic rings. The Balaban J connectivity index is 1.52. The first-order chi connectivity index (χ1) is 14.5. The molecule has 4 heteroatoms. The zero-order chi connectivity index (χ0) is 21.3. The molecule has 0 saturated carbocycles. The fraction of sp³-hybridized carbons (Fsp3) is 0.231. The summed E-state index contributed by atoms with van der Waals surface area (Å²) in [6.45, 7) is 7.49. The number of nitrogens with zero attached hydrogens (tertiary/aromatic N) is 2. The van der Waals surface area contributed by atoms with Crippen molar-refractivity contribution in [2.75, 3.05) is 16.3 Å². The van der Waals surface area contributed by atoms with Crippen molar-refractivity contribution >= 4 is 34.6 Å². The number of hydrogen-bond acceptors (Lipinski definition) is 2. The van der Waals surface area contributed by atoms with Gasteiger partial charge in [-0.15, -0.1) is 0 Å². The van der Waals surface area contributed by atoms with Crippen molar-refractivity contribution in [1.29, 1.82) is 0 Å². The van der Waals surface area contributed by atoms with Crippen LogP contribution in [0.1, 0.15) is 32.3 Å². The summed E-state index contributed by atoms with van der Waals surface area (Å²) in [5, 5.41) is 1.32. The maximum Gasteiger partial charge on any atom is 0.0790 e. The van der Waals surface area contributed by atoms with Crippen molar-refractivity contribution in [2.45, 2.75) is 32.7 Å². The van der Waals surface area contributed by atoms with E-state index in [2.05, 4.69) is 91.5 Å². The standard InChI is InChI=1S/C26H26Cl2N2/c1-18(2)22-7-4-5-10-25(22)29-14-11-20(12-15-29)21-13-16-30(19(3)17-21)26-23(27)8-6-9-24(26)28/h4-14,16-19H,15H2,1-3H3. The number of benzene rings is 2. The van der Waals surface area contributed by atoms with Gasteiger partial charge in [-0.25, -0.2) is 0 Å². The Hall–Kier alpha value is -2.42. The van der Waals surface area contributed by atoms with Gasteiger partial charge in [-0.2, -0.15) is 0 Å². The summed E-state index contributed by atoms with van der Waals surface area (Å²) in [7, 11) is 0. The molecule has 2 aromatic rings. The van der Waals surface area contributed by atoms with Gasteiger partial charge in [0.2, 0.25) is 0 Å². The van der Waals surface area contributed by atoms with Gasteiger partial charge in [0.05, 0.1) is 15.7 Å². The minimum absolute atomic E-state index is 0.149. The number of halogens is 2. The van der Waals surface area contributed by atoms with Gasteiger partial charge in [-0.1, -0.05) is 73.5 Å². The van der Waals surface area contributed by atoms with Crippen molar-refractivity contribution in [2.24, 2.45) is 0 Å². The summed E-state index contributed by atoms with van der Waals surface area (Å²) >= 11 is 12.8. The maximum atomic E-state index is 6.41. The van der Waals surface area contributed by atoms with Crippen molar-refractivity contribution < 1.29 is 0 Å². The van der Waals surface area contributed by atoms with Gasteiger partial charge < -0.3 is 9.80 Å². The molecule has 0 spiro atoms. The van der Waals surface area contributed by atoms with Gasteiger partial charge in [0.15, 0.2) is 0 Å². The van der Waals surface area contributed by atoms with Crippen LogP contribution in [0.5, 0.6) is 0 Å². The van der Waals surface area contributed by atoms with Gasteiger partial charge in [0, 0.05) is 30.7 Å². The quantitative estimate of drug-likeness (QED) is 0.483. The van der Waals surface area contributed by atoms with Crippen LogP contribution in [0.25, 0.3) is 0 Å². The third-order valence-corrected chi connectivity index (χ3v) is 6.22. The second-order valence-corrected chi connectivity index (χ2v) is 8.81. The van der Waals surface area contributed by atoms with Crippen LogP contribution in [0.3, 0.4) is 0 Å². The minimum Gasteiger partial charge on any atom is -0.344 e. The van der Waals surface area contributed by atoms with Gasteiger partial charge in [0.25, 0.3) is 0 Å². The summed E-state index contributed by atoms with van der Waals surface area (Å²) in [6.07, 6.45) is 13.1. The Labute approximate surface area is 189 Å². The number of rotatable bonds is 4. The van der Waals surface area contributed by atoms with E-state index in [-0.39, 0.29) is 6.04 Å². The molecule has 0 N–H and O–H groups in total. The largest absolute Gasteiger partial charge is 0.344 e. The fourth-order valence-corrected chi connectivity index (χ4v) is 4.62. The van der Waals surface area contributed by atoms with E-state index >= 15 is 0 Å². The molecule has 2 heterocycles. The molecule has 2 aliphatic heterocycles. The molecule has 0 saturated heterocycles. The summed E-state index contributed by atoms with van der Waals surface area (Å²) in [5.41, 5.74) is 5.96. The Morgan fingerprint density at radius 3 is 2.23 bits per heavy atom. The van der Waals surface area contributed by atoms with Crippen molar-refractivity contribution in [3.63, 3.8) is 0 Å². The highest BCUT2D eigenvalue weighted by Crippen LogP contribution is 2.37. The average Bonchev–Trinajstić information content (AvgIpc) is 2.75. The Bertz CT molecular complexity index is 1040. The summed E-state index contributed by atoms with van der Waals surface area (Å²) in [5.74, 6) is 0.493. The van der Waals surface area contributed by atoms with Crippen LogP contribution in [-0.4, -0.2) is 12.6 Å². The molecule has 0 fully saturated rings. The van der Waals surface area contributed by atoms with E-state index in [9.17, 15) is 0 Å². The summed E-state index contributed by atoms with van der Waals surface area (Å²) in [4.78, 5) is 4.43. The predicted octanol–water partition coefficient (Wildman–Crippen LogP) is 7.73. The normalized spacial score (nSPS) is 18.7. The lowest BCUT2D eigenvalue weighted by atomic mass is 9.97. The van der Waals surface area contributed by atoms with Gasteiger partial charge in [-0.05, 0) is 59.9 Å². The van der Waals surface area contributed by atoms with Crippen LogP contribution in [0, 0.1) is 0 Å². The third-order valence-electron chi connectivity index (χ3n) is 5.61. The van der Waals surface area contributed by atoms with Crippen LogP contribution in [0.4, 0.5) is 11.4 Å². The number of para-hydroxylation sites is 2. The molecule has 154 valence electrons. The lowest BCUT2D eigenvalue weighted by molar-refractivity contribution is 0.840. The molecule has 0 aliphatic carbocycles. The van der Waals surface area contributed by atoms with E-state index < -0.39 is 0 Å². The van der Waals surface area contributed by atoms with Crippen LogP contribution in [0.2, 0.25) is 10.0 Å². The lowest BCUT2D eigenvalue weighted by Crippen LogP contribution is -2.29. The molecule has 0 amide bonds. The van der Waals surface area contributed by atoms with Crippen molar-refractivity contribution in [1.82, 2.24) is 0 Å². The van der Waals surface area contributed by atoms with Gasteiger partial charge in [0.1, 0.15) is 0 Å². The molecule has 0 radical (unpaired) electrons. The lowest BCUT2D eigenvalue weighted by Gasteiger charge is -2.32. The second kappa shape index (κ2) is 8.75. The maximum absolute atomic E-state index is 6.41. The first-order valence-electron chi connectivity index (χ1n) is 10.3. The SMILES string of the molecule is CC(C)c1ccccc1N1C=CC(C2=CC(C)N(c3c(Cl)cccc3Cl)C=C2)=CC1. The first-order valence-corrected chi connectivity index (χ1v) is 11.1. The number of anilines is 2. The minimum atomic E-state index is 0.149. The van der Waals surface area contributed by atoms with Crippen LogP contribution < -0.4 is 9.80 Å². The highest BCUT2D eigenvalue weighted by Gasteiger charge is 2.21. The van der Waals surface area contributed by atoms with Crippen molar-refractivity contribution in [3.8, 4) is 0 Å². The Morgan fingerprint density at radius 2 is 1.60 bits per heavy atom. The van der Waals surface area contributed by atoms with Gasteiger partial charge in [-0.3, -0.25) is 0 Å². The molecule has 4 rings (SSSR count). The van der Waals surface area contributed by atoms with Crippen LogP contribution >= 0.6 is 23.2 Å². The molecule has 1 unspecified atom stereocenters. The predicted molar refractivity (Wildman–Crippen MR) is 131 cm³/mol. The molecule has 30 heavy (non-hydrogen) atoms. The number of allylic oxidation sites excluding steroid dienone is 4. The van der Waals surface area contributed by atoms with E-state index in [1.54, 1.807) is 0 Å². The van der Waals surface area contributed by atoms with E-state index in [1.165, 1.54) is 22.4 Å². The molecular formula is C26H26Cl2N2. The topological polar surface area (TPSA) is 6.48 Å². The van der Waals surface area contributed by atoms with Crippen molar-refractivity contribution in [3.05, 3.63) is 106 Å². The molecule has 0 aromatic heterocycles. The molecule has 2 aromatic carbocycles. The van der Waals surface area contributed by atoms with E-state index in [0.29, 0.717) is 16.0 Å². The summed E-state index contributed by atoms with van der Waals surface area (Å²) in [6, 6.07) is 14.4. The Kier molecular flexibility index (Phi) is 6.08. The highest BCUT2D eigenvalue weighted by molar-refractivity contribution is 6.39. The smallest absolute Gasteiger partial charge is 0.0790 e. The summed E-state index contributed by atoms with van der Waals surface area (Å²) < 4.78 is 0. The zero-order valence-corrected chi connectivity index (χ0v) is 19.0. The first kappa shape index (κ1) is 20.8. The molecule has 0 bridgehead atoms. The van der Waals surface area contributed by atoms with Crippen LogP contribution in [0.15, 0.2) is 90.3 Å². The Morgan fingerprint density at radius 1 is 0.900 bits per heavy atom. The molecule has 1 atom stereocenters. The van der Waals surface area contributed by atoms with Crippen LogP contribution in [-0.2, 0) is 0 Å².